The molecule has 1 atom stereocenters. The van der Waals surface area contributed by atoms with Crippen LogP contribution in [-0.4, -0.2) is 28.8 Å². The normalized spacial score (nSPS) is 17.6. The fraction of sp³-hybridized carbons (Fsp3) is 0.412. The number of nitrogens with one attached hydrogen (secondary N) is 2. The number of hydrogen-bond acceptors (Lipinski definition) is 3. The zero-order valence-electron chi connectivity index (χ0n) is 12.9. The van der Waals surface area contributed by atoms with Crippen molar-refractivity contribution in [1.82, 2.24) is 15.1 Å². The summed E-state index contributed by atoms with van der Waals surface area (Å²) in [6.45, 7) is 4.05. The van der Waals surface area contributed by atoms with Crippen LogP contribution in [0.15, 0.2) is 36.5 Å². The van der Waals surface area contributed by atoms with Crippen molar-refractivity contribution in [3.63, 3.8) is 0 Å². The Morgan fingerprint density at radius 2 is 2.27 bits per heavy atom. The molecule has 1 aromatic carbocycles. The summed E-state index contributed by atoms with van der Waals surface area (Å²) in [5, 5.41) is 10.7. The number of aryl methyl sites for hydroxylation is 2. The number of benzene rings is 1. The van der Waals surface area contributed by atoms with Gasteiger partial charge in [0.2, 0.25) is 5.91 Å². The van der Waals surface area contributed by atoms with Gasteiger partial charge >= 0.3 is 0 Å². The molecule has 1 unspecified atom stereocenters. The summed E-state index contributed by atoms with van der Waals surface area (Å²) in [6, 6.07) is 10.4. The maximum absolute atomic E-state index is 12.1. The number of amides is 1. The summed E-state index contributed by atoms with van der Waals surface area (Å²) in [6.07, 6.45) is 4.26. The third kappa shape index (κ3) is 3.54. The minimum absolute atomic E-state index is 0.0121. The smallest absolute Gasteiger partial charge is 0.225 e. The molecule has 2 heterocycles. The number of carbonyl (C=O) groups excluding carboxylic acids is 1. The Morgan fingerprint density at radius 3 is 3.05 bits per heavy atom. The molecule has 2 N–H and O–H groups in total. The third-order valence-corrected chi connectivity index (χ3v) is 4.17. The molecule has 5 nitrogen and oxygen atoms in total. The fourth-order valence-electron chi connectivity index (χ4n) is 2.82. The Kier molecular flexibility index (Phi) is 4.53. The minimum Gasteiger partial charge on any atom is -0.315 e. The Bertz CT molecular complexity index is 644. The summed E-state index contributed by atoms with van der Waals surface area (Å²) in [4.78, 5) is 12.1. The first-order valence-electron chi connectivity index (χ1n) is 7.82. The van der Waals surface area contributed by atoms with Gasteiger partial charge in [-0.2, -0.15) is 5.10 Å². The van der Waals surface area contributed by atoms with Crippen LogP contribution in [0, 0.1) is 6.92 Å². The summed E-state index contributed by atoms with van der Waals surface area (Å²) >= 11 is 0. The molecule has 0 spiro atoms. The molecule has 1 aromatic heterocycles. The van der Waals surface area contributed by atoms with Crippen LogP contribution in [0.1, 0.15) is 30.0 Å². The molecular weight excluding hydrogens is 276 g/mol. The van der Waals surface area contributed by atoms with E-state index in [0.717, 1.165) is 25.9 Å². The average molecular weight is 298 g/mol. The van der Waals surface area contributed by atoms with Gasteiger partial charge in [-0.15, -0.1) is 0 Å². The number of carbonyl (C=O) groups is 1. The second-order valence-electron chi connectivity index (χ2n) is 5.80. The minimum atomic E-state index is 0.0121. The SMILES string of the molecule is Cc1ccccc1CCC(=O)Nc1ccn(C2CCNC2)n1. The number of nitrogens with zero attached hydrogens (tertiary/aromatic N) is 2. The van der Waals surface area contributed by atoms with Crippen LogP contribution in [0.2, 0.25) is 0 Å². The maximum atomic E-state index is 12.1. The lowest BCUT2D eigenvalue weighted by atomic mass is 10.0. The van der Waals surface area contributed by atoms with Gasteiger partial charge in [0.1, 0.15) is 0 Å². The fourth-order valence-corrected chi connectivity index (χ4v) is 2.82. The molecule has 2 aromatic rings. The van der Waals surface area contributed by atoms with E-state index in [2.05, 4.69) is 34.8 Å². The lowest BCUT2D eigenvalue weighted by Gasteiger charge is -2.08. The molecule has 22 heavy (non-hydrogen) atoms. The van der Waals surface area contributed by atoms with Gasteiger partial charge in [0.05, 0.1) is 6.04 Å². The van der Waals surface area contributed by atoms with Crippen LogP contribution < -0.4 is 10.6 Å². The van der Waals surface area contributed by atoms with E-state index in [1.807, 2.05) is 29.1 Å². The monoisotopic (exact) mass is 298 g/mol. The van der Waals surface area contributed by atoms with E-state index >= 15 is 0 Å². The highest BCUT2D eigenvalue weighted by atomic mass is 16.1. The number of anilines is 1. The molecule has 1 amide bonds. The number of hydrogen-bond donors (Lipinski definition) is 2. The topological polar surface area (TPSA) is 59.0 Å². The van der Waals surface area contributed by atoms with Gasteiger partial charge in [-0.1, -0.05) is 24.3 Å². The molecule has 1 aliphatic rings. The Balaban J connectivity index is 1.52. The molecule has 1 aliphatic heterocycles. The molecule has 5 heteroatoms. The molecular formula is C17H22N4O. The lowest BCUT2D eigenvalue weighted by molar-refractivity contribution is -0.116. The van der Waals surface area contributed by atoms with E-state index in [-0.39, 0.29) is 5.91 Å². The Labute approximate surface area is 130 Å². The molecule has 0 bridgehead atoms. The Hall–Kier alpha value is -2.14. The van der Waals surface area contributed by atoms with Crippen LogP contribution in [0.3, 0.4) is 0 Å². The van der Waals surface area contributed by atoms with Gasteiger partial charge < -0.3 is 10.6 Å². The highest BCUT2D eigenvalue weighted by Crippen LogP contribution is 2.16. The molecule has 0 saturated carbocycles. The van der Waals surface area contributed by atoms with Crippen molar-refractivity contribution in [2.45, 2.75) is 32.2 Å². The standard InChI is InChI=1S/C17H22N4O/c1-13-4-2-3-5-14(13)6-7-17(22)19-16-9-11-21(20-16)15-8-10-18-12-15/h2-5,9,11,15,18H,6-8,10,12H2,1H3,(H,19,20,22). The summed E-state index contributed by atoms with van der Waals surface area (Å²) in [7, 11) is 0. The number of rotatable bonds is 5. The van der Waals surface area contributed by atoms with E-state index in [9.17, 15) is 4.79 Å². The molecule has 3 rings (SSSR count). The van der Waals surface area contributed by atoms with E-state index < -0.39 is 0 Å². The van der Waals surface area contributed by atoms with Crippen LogP contribution in [0.25, 0.3) is 0 Å². The molecule has 0 radical (unpaired) electrons. The molecule has 0 aliphatic carbocycles. The van der Waals surface area contributed by atoms with Crippen molar-refractivity contribution in [1.29, 1.82) is 0 Å². The molecule has 1 saturated heterocycles. The third-order valence-electron chi connectivity index (χ3n) is 4.17. The van der Waals surface area contributed by atoms with Gasteiger partial charge in [-0.25, -0.2) is 0 Å². The first-order chi connectivity index (χ1) is 10.7. The van der Waals surface area contributed by atoms with E-state index in [1.54, 1.807) is 0 Å². The average Bonchev–Trinajstić information content (AvgIpc) is 3.17. The summed E-state index contributed by atoms with van der Waals surface area (Å²) in [5.41, 5.74) is 2.45. The summed E-state index contributed by atoms with van der Waals surface area (Å²) in [5.74, 6) is 0.653. The Morgan fingerprint density at radius 1 is 1.41 bits per heavy atom. The van der Waals surface area contributed by atoms with Crippen molar-refractivity contribution < 1.29 is 4.79 Å². The van der Waals surface area contributed by atoms with Gasteiger partial charge in [-0.3, -0.25) is 9.48 Å². The second kappa shape index (κ2) is 6.75. The van der Waals surface area contributed by atoms with Crippen molar-refractivity contribution in [3.05, 3.63) is 47.7 Å². The molecule has 1 fully saturated rings. The van der Waals surface area contributed by atoms with Crippen LogP contribution in [0.5, 0.6) is 0 Å². The van der Waals surface area contributed by atoms with E-state index in [1.165, 1.54) is 11.1 Å². The van der Waals surface area contributed by atoms with Crippen molar-refractivity contribution in [2.24, 2.45) is 0 Å². The van der Waals surface area contributed by atoms with Gasteiger partial charge in [0.25, 0.3) is 0 Å². The maximum Gasteiger partial charge on any atom is 0.225 e. The van der Waals surface area contributed by atoms with Crippen molar-refractivity contribution in [3.8, 4) is 0 Å². The molecule has 116 valence electrons. The second-order valence-corrected chi connectivity index (χ2v) is 5.80. The highest BCUT2D eigenvalue weighted by Gasteiger charge is 2.17. The summed E-state index contributed by atoms with van der Waals surface area (Å²) < 4.78 is 1.94. The quantitative estimate of drug-likeness (QED) is 0.890. The first-order valence-corrected chi connectivity index (χ1v) is 7.82. The number of aromatic nitrogens is 2. The highest BCUT2D eigenvalue weighted by molar-refractivity contribution is 5.89. The van der Waals surface area contributed by atoms with Crippen LogP contribution in [0.4, 0.5) is 5.82 Å². The zero-order chi connectivity index (χ0) is 15.4. The van der Waals surface area contributed by atoms with Crippen LogP contribution in [-0.2, 0) is 11.2 Å². The van der Waals surface area contributed by atoms with Gasteiger partial charge in [0.15, 0.2) is 5.82 Å². The zero-order valence-corrected chi connectivity index (χ0v) is 12.9. The van der Waals surface area contributed by atoms with E-state index in [0.29, 0.717) is 18.3 Å². The first kappa shape index (κ1) is 14.8. The van der Waals surface area contributed by atoms with Gasteiger partial charge in [0, 0.05) is 25.2 Å². The lowest BCUT2D eigenvalue weighted by Crippen LogP contribution is -2.16. The van der Waals surface area contributed by atoms with Gasteiger partial charge in [-0.05, 0) is 37.4 Å². The van der Waals surface area contributed by atoms with E-state index in [4.69, 9.17) is 0 Å². The van der Waals surface area contributed by atoms with Crippen molar-refractivity contribution in [2.75, 3.05) is 18.4 Å². The predicted octanol–water partition coefficient (Wildman–Crippen LogP) is 2.30. The largest absolute Gasteiger partial charge is 0.315 e. The van der Waals surface area contributed by atoms with Crippen molar-refractivity contribution >= 4 is 11.7 Å². The predicted molar refractivity (Wildman–Crippen MR) is 86.9 cm³/mol. The van der Waals surface area contributed by atoms with Crippen LogP contribution >= 0.6 is 0 Å².